The fourth-order valence-corrected chi connectivity index (χ4v) is 5.22. The SMILES string of the molecule is CCn1c(=O)oc2cc(S(=O)(=O)N3C[C@@H](N)[C@H](c4ccccc4)C3)ccc21. The number of fused-ring (bicyclic) bond motifs is 1. The van der Waals surface area contributed by atoms with E-state index >= 15 is 0 Å². The molecule has 1 aromatic heterocycles. The molecule has 0 aliphatic carbocycles. The van der Waals surface area contributed by atoms with E-state index in [0.29, 0.717) is 18.6 Å². The minimum Gasteiger partial charge on any atom is -0.408 e. The van der Waals surface area contributed by atoms with E-state index in [4.69, 9.17) is 10.2 Å². The zero-order valence-electron chi connectivity index (χ0n) is 14.9. The quantitative estimate of drug-likeness (QED) is 0.735. The van der Waals surface area contributed by atoms with Gasteiger partial charge in [-0.2, -0.15) is 4.31 Å². The highest BCUT2D eigenvalue weighted by atomic mass is 32.2. The van der Waals surface area contributed by atoms with Gasteiger partial charge in [0.2, 0.25) is 10.0 Å². The maximum atomic E-state index is 13.1. The van der Waals surface area contributed by atoms with Crippen molar-refractivity contribution in [2.24, 2.45) is 5.73 Å². The summed E-state index contributed by atoms with van der Waals surface area (Å²) in [7, 11) is -3.73. The Morgan fingerprint density at radius 2 is 1.89 bits per heavy atom. The van der Waals surface area contributed by atoms with Crippen LogP contribution in [0.2, 0.25) is 0 Å². The van der Waals surface area contributed by atoms with Crippen molar-refractivity contribution >= 4 is 21.1 Å². The summed E-state index contributed by atoms with van der Waals surface area (Å²) in [4.78, 5) is 12.0. The van der Waals surface area contributed by atoms with Gasteiger partial charge < -0.3 is 10.2 Å². The van der Waals surface area contributed by atoms with Crippen LogP contribution in [0.4, 0.5) is 0 Å². The van der Waals surface area contributed by atoms with Gasteiger partial charge in [0.1, 0.15) is 0 Å². The van der Waals surface area contributed by atoms with Crippen molar-refractivity contribution in [2.75, 3.05) is 13.1 Å². The minimum atomic E-state index is -3.73. The molecule has 7 nitrogen and oxygen atoms in total. The van der Waals surface area contributed by atoms with Crippen LogP contribution in [0.5, 0.6) is 0 Å². The number of hydrogen-bond acceptors (Lipinski definition) is 5. The molecule has 142 valence electrons. The van der Waals surface area contributed by atoms with Crippen LogP contribution in [0.3, 0.4) is 0 Å². The highest BCUT2D eigenvalue weighted by Gasteiger charge is 2.38. The standard InChI is InChI=1S/C19H21N3O4S/c1-2-22-17-9-8-14(10-18(17)26-19(22)23)27(24,25)21-11-15(16(20)12-21)13-6-4-3-5-7-13/h3-10,15-16H,2,11-12,20H2,1H3/t15-,16+/m0/s1. The van der Waals surface area contributed by atoms with E-state index in [1.54, 1.807) is 6.07 Å². The van der Waals surface area contributed by atoms with E-state index in [2.05, 4.69) is 0 Å². The fraction of sp³-hybridized carbons (Fsp3) is 0.316. The van der Waals surface area contributed by atoms with E-state index in [-0.39, 0.29) is 29.0 Å². The van der Waals surface area contributed by atoms with Gasteiger partial charge in [0.15, 0.2) is 5.58 Å². The molecule has 1 aliphatic rings. The third-order valence-corrected chi connectivity index (χ3v) is 6.98. The molecule has 0 amide bonds. The zero-order valence-corrected chi connectivity index (χ0v) is 15.7. The minimum absolute atomic E-state index is 0.0520. The van der Waals surface area contributed by atoms with Gasteiger partial charge in [0.05, 0.1) is 10.4 Å². The first-order chi connectivity index (χ1) is 12.9. The molecule has 1 saturated heterocycles. The summed E-state index contributed by atoms with van der Waals surface area (Å²) >= 11 is 0. The van der Waals surface area contributed by atoms with Crippen molar-refractivity contribution in [1.82, 2.24) is 8.87 Å². The molecule has 1 aliphatic heterocycles. The summed E-state index contributed by atoms with van der Waals surface area (Å²) in [5, 5.41) is 0. The van der Waals surface area contributed by atoms with Gasteiger partial charge in [0.25, 0.3) is 0 Å². The van der Waals surface area contributed by atoms with Gasteiger partial charge in [-0.25, -0.2) is 13.2 Å². The molecule has 0 unspecified atom stereocenters. The topological polar surface area (TPSA) is 98.5 Å². The second-order valence-corrected chi connectivity index (χ2v) is 8.68. The van der Waals surface area contributed by atoms with Gasteiger partial charge in [-0.3, -0.25) is 4.57 Å². The Labute approximate surface area is 157 Å². The average molecular weight is 387 g/mol. The second-order valence-electron chi connectivity index (χ2n) is 6.74. The molecular weight excluding hydrogens is 366 g/mol. The Morgan fingerprint density at radius 3 is 2.59 bits per heavy atom. The molecule has 3 aromatic rings. The first-order valence-electron chi connectivity index (χ1n) is 8.86. The summed E-state index contributed by atoms with van der Waals surface area (Å²) < 4.78 is 34.3. The fourth-order valence-electron chi connectivity index (χ4n) is 3.70. The maximum Gasteiger partial charge on any atom is 0.419 e. The van der Waals surface area contributed by atoms with Gasteiger partial charge in [0, 0.05) is 37.7 Å². The normalized spacial score (nSPS) is 21.1. The molecule has 2 aromatic carbocycles. The summed E-state index contributed by atoms with van der Waals surface area (Å²) in [6.45, 7) is 2.86. The van der Waals surface area contributed by atoms with E-state index in [1.165, 1.54) is 21.0 Å². The lowest BCUT2D eigenvalue weighted by Crippen LogP contribution is -2.32. The molecule has 0 radical (unpaired) electrons. The largest absolute Gasteiger partial charge is 0.419 e. The van der Waals surface area contributed by atoms with Crippen LogP contribution in [0, 0.1) is 0 Å². The number of nitrogens with two attached hydrogens (primary N) is 1. The van der Waals surface area contributed by atoms with Gasteiger partial charge >= 0.3 is 5.76 Å². The van der Waals surface area contributed by atoms with Crippen molar-refractivity contribution in [1.29, 1.82) is 0 Å². The van der Waals surface area contributed by atoms with E-state index in [1.807, 2.05) is 37.3 Å². The van der Waals surface area contributed by atoms with Gasteiger partial charge in [-0.15, -0.1) is 0 Å². The van der Waals surface area contributed by atoms with Crippen molar-refractivity contribution in [3.8, 4) is 0 Å². The molecule has 8 heteroatoms. The lowest BCUT2D eigenvalue weighted by Gasteiger charge is -2.16. The van der Waals surface area contributed by atoms with Crippen LogP contribution in [0.25, 0.3) is 11.1 Å². The third kappa shape index (κ3) is 2.99. The number of nitrogens with zero attached hydrogens (tertiary/aromatic N) is 2. The number of sulfonamides is 1. The summed E-state index contributed by atoms with van der Waals surface area (Å²) in [5.74, 6) is -0.543. The number of oxazole rings is 1. The van der Waals surface area contributed by atoms with E-state index < -0.39 is 15.8 Å². The molecular formula is C19H21N3O4S. The highest BCUT2D eigenvalue weighted by Crippen LogP contribution is 2.31. The van der Waals surface area contributed by atoms with Gasteiger partial charge in [-0.05, 0) is 24.6 Å². The number of benzene rings is 2. The van der Waals surface area contributed by atoms with Crippen LogP contribution in [-0.4, -0.2) is 36.4 Å². The number of hydrogen-bond donors (Lipinski definition) is 1. The van der Waals surface area contributed by atoms with Crippen molar-refractivity contribution in [2.45, 2.75) is 30.3 Å². The second kappa shape index (κ2) is 6.63. The van der Waals surface area contributed by atoms with Crippen molar-refractivity contribution in [3.63, 3.8) is 0 Å². The Kier molecular flexibility index (Phi) is 4.41. The Bertz CT molecular complexity index is 1130. The molecule has 2 N–H and O–H groups in total. The van der Waals surface area contributed by atoms with Crippen molar-refractivity contribution in [3.05, 3.63) is 64.6 Å². The van der Waals surface area contributed by atoms with Crippen LogP contribution in [-0.2, 0) is 16.6 Å². The Morgan fingerprint density at radius 1 is 1.15 bits per heavy atom. The first-order valence-corrected chi connectivity index (χ1v) is 10.3. The number of aromatic nitrogens is 1. The number of rotatable bonds is 4. The van der Waals surface area contributed by atoms with Crippen LogP contribution < -0.4 is 11.5 Å². The molecule has 0 bridgehead atoms. The first kappa shape index (κ1) is 18.0. The molecule has 2 heterocycles. The summed E-state index contributed by atoms with van der Waals surface area (Å²) in [6.07, 6.45) is 0. The zero-order chi connectivity index (χ0) is 19.2. The summed E-state index contributed by atoms with van der Waals surface area (Å²) in [5.41, 5.74) is 8.12. The molecule has 0 spiro atoms. The Balaban J connectivity index is 1.68. The lowest BCUT2D eigenvalue weighted by atomic mass is 9.95. The molecule has 0 saturated carbocycles. The average Bonchev–Trinajstić information content (AvgIpc) is 3.21. The number of aryl methyl sites for hydroxylation is 1. The van der Waals surface area contributed by atoms with Crippen molar-refractivity contribution < 1.29 is 12.8 Å². The predicted octanol–water partition coefficient (Wildman–Crippen LogP) is 1.73. The lowest BCUT2D eigenvalue weighted by molar-refractivity contribution is 0.469. The smallest absolute Gasteiger partial charge is 0.408 e. The Hall–Kier alpha value is -2.42. The maximum absolute atomic E-state index is 13.1. The molecule has 4 rings (SSSR count). The monoisotopic (exact) mass is 387 g/mol. The molecule has 27 heavy (non-hydrogen) atoms. The summed E-state index contributed by atoms with van der Waals surface area (Å²) in [6, 6.07) is 14.0. The van der Waals surface area contributed by atoms with Crippen LogP contribution >= 0.6 is 0 Å². The third-order valence-electron chi connectivity index (χ3n) is 5.15. The van der Waals surface area contributed by atoms with E-state index in [0.717, 1.165) is 5.56 Å². The van der Waals surface area contributed by atoms with Gasteiger partial charge in [-0.1, -0.05) is 30.3 Å². The van der Waals surface area contributed by atoms with Crippen LogP contribution in [0.15, 0.2) is 62.6 Å². The highest BCUT2D eigenvalue weighted by molar-refractivity contribution is 7.89. The van der Waals surface area contributed by atoms with Crippen LogP contribution in [0.1, 0.15) is 18.4 Å². The predicted molar refractivity (Wildman–Crippen MR) is 102 cm³/mol. The molecule has 2 atom stereocenters. The molecule has 1 fully saturated rings. The van der Waals surface area contributed by atoms with E-state index in [9.17, 15) is 13.2 Å².